The zero-order chi connectivity index (χ0) is 25.8. The molecule has 0 bridgehead atoms. The highest BCUT2D eigenvalue weighted by atomic mass is 19.4. The minimum Gasteiger partial charge on any atom is -0.475 e. The number of piperidine rings is 1. The summed E-state index contributed by atoms with van der Waals surface area (Å²) in [7, 11) is 1.91. The summed E-state index contributed by atoms with van der Waals surface area (Å²) < 4.78 is 31.7. The second kappa shape index (κ2) is 10.6. The van der Waals surface area contributed by atoms with Crippen molar-refractivity contribution in [2.75, 3.05) is 33.2 Å². The molecule has 2 aromatic carbocycles. The van der Waals surface area contributed by atoms with Gasteiger partial charge in [0.15, 0.2) is 0 Å². The number of nitrogens with one attached hydrogen (secondary N) is 1. The van der Waals surface area contributed by atoms with Crippen molar-refractivity contribution in [3.05, 3.63) is 48.0 Å². The predicted molar refractivity (Wildman–Crippen MR) is 125 cm³/mol. The van der Waals surface area contributed by atoms with Crippen LogP contribution in [0.25, 0.3) is 10.8 Å². The fourth-order valence-corrected chi connectivity index (χ4v) is 4.69. The zero-order valence-corrected chi connectivity index (χ0v) is 19.8. The first-order chi connectivity index (χ1) is 16.4. The number of carboxylic acids is 1. The number of carboxylic acid groups (broad SMARTS) is 1. The lowest BCUT2D eigenvalue weighted by atomic mass is 9.77. The van der Waals surface area contributed by atoms with Crippen LogP contribution in [-0.4, -0.2) is 78.1 Å². The Morgan fingerprint density at radius 1 is 1.06 bits per heavy atom. The van der Waals surface area contributed by atoms with E-state index in [9.17, 15) is 22.8 Å². The number of aliphatic carboxylic acids is 1. The Balaban J connectivity index is 0.000000429. The summed E-state index contributed by atoms with van der Waals surface area (Å²) >= 11 is 0. The van der Waals surface area contributed by atoms with Gasteiger partial charge < -0.3 is 20.2 Å². The number of alkyl halides is 3. The fourth-order valence-electron chi connectivity index (χ4n) is 4.69. The Morgan fingerprint density at radius 2 is 1.63 bits per heavy atom. The Hall–Kier alpha value is -3.14. The van der Waals surface area contributed by atoms with E-state index in [1.165, 1.54) is 0 Å². The van der Waals surface area contributed by atoms with Crippen LogP contribution in [0.4, 0.5) is 13.2 Å². The maximum absolute atomic E-state index is 12.6. The van der Waals surface area contributed by atoms with E-state index in [0.29, 0.717) is 11.5 Å². The summed E-state index contributed by atoms with van der Waals surface area (Å²) in [5.74, 6) is -2.46. The molecular formula is C25H30F3N3O4. The molecule has 0 aliphatic carbocycles. The normalized spacial score (nSPS) is 18.8. The molecule has 0 aromatic heterocycles. The topological polar surface area (TPSA) is 90.0 Å². The first kappa shape index (κ1) is 26.5. The van der Waals surface area contributed by atoms with Crippen LogP contribution in [0.1, 0.15) is 36.5 Å². The summed E-state index contributed by atoms with van der Waals surface area (Å²) in [6, 6.07) is 14.0. The summed E-state index contributed by atoms with van der Waals surface area (Å²) in [6.07, 6.45) is -2.23. The molecule has 2 saturated heterocycles. The first-order valence-corrected chi connectivity index (χ1v) is 11.5. The van der Waals surface area contributed by atoms with Crippen LogP contribution in [0.5, 0.6) is 0 Å². The van der Waals surface area contributed by atoms with Gasteiger partial charge in [-0.1, -0.05) is 30.3 Å². The lowest BCUT2D eigenvalue weighted by Gasteiger charge is -2.38. The van der Waals surface area contributed by atoms with E-state index in [2.05, 4.69) is 23.2 Å². The van der Waals surface area contributed by atoms with E-state index >= 15 is 0 Å². The second-order valence-corrected chi connectivity index (χ2v) is 9.30. The summed E-state index contributed by atoms with van der Waals surface area (Å²) in [5, 5.41) is 12.5. The molecule has 7 nitrogen and oxygen atoms in total. The number of halogens is 3. The molecule has 35 heavy (non-hydrogen) atoms. The average molecular weight is 494 g/mol. The quantitative estimate of drug-likeness (QED) is 0.680. The lowest BCUT2D eigenvalue weighted by molar-refractivity contribution is -0.192. The standard InChI is InChI=1S/C23H29N3O2.C2HF3O2/c1-17(16-26-13-10-23(11-14-26)9-12-25(2)22(23)28)24-21(27)20-8-7-18-5-3-4-6-19(18)15-20;3-2(4,5)1(6)7/h3-8,15,17H,9-14,16H2,1-2H3,(H,24,27);(H,6,7)/t17-;/m0./s1. The van der Waals surface area contributed by atoms with E-state index in [1.807, 2.05) is 48.3 Å². The molecule has 2 fully saturated rings. The van der Waals surface area contributed by atoms with Crippen molar-refractivity contribution in [1.29, 1.82) is 0 Å². The monoisotopic (exact) mass is 493 g/mol. The molecule has 190 valence electrons. The van der Waals surface area contributed by atoms with Crippen LogP contribution in [0, 0.1) is 5.41 Å². The van der Waals surface area contributed by atoms with Crippen molar-refractivity contribution in [1.82, 2.24) is 15.1 Å². The van der Waals surface area contributed by atoms with E-state index in [4.69, 9.17) is 9.90 Å². The van der Waals surface area contributed by atoms with Crippen LogP contribution in [0.2, 0.25) is 0 Å². The van der Waals surface area contributed by atoms with Gasteiger partial charge in [-0.15, -0.1) is 0 Å². The van der Waals surface area contributed by atoms with Gasteiger partial charge in [0, 0.05) is 31.7 Å². The van der Waals surface area contributed by atoms with Crippen LogP contribution in [-0.2, 0) is 9.59 Å². The molecule has 2 aliphatic rings. The molecule has 0 saturated carbocycles. The van der Waals surface area contributed by atoms with Crippen LogP contribution in [0.3, 0.4) is 0 Å². The van der Waals surface area contributed by atoms with E-state index in [0.717, 1.165) is 56.2 Å². The number of likely N-dealkylation sites (tertiary alicyclic amines) is 2. The van der Waals surface area contributed by atoms with Gasteiger partial charge in [-0.25, -0.2) is 4.79 Å². The molecular weight excluding hydrogens is 463 g/mol. The number of carbonyl (C=O) groups excluding carboxylic acids is 2. The van der Waals surface area contributed by atoms with Gasteiger partial charge in [-0.3, -0.25) is 9.59 Å². The molecule has 0 unspecified atom stereocenters. The van der Waals surface area contributed by atoms with E-state index in [-0.39, 0.29) is 17.4 Å². The largest absolute Gasteiger partial charge is 0.490 e. The summed E-state index contributed by atoms with van der Waals surface area (Å²) in [4.78, 5) is 38.3. The maximum Gasteiger partial charge on any atom is 0.490 e. The minimum absolute atomic E-state index is 0.0284. The third-order valence-electron chi connectivity index (χ3n) is 6.70. The number of carbonyl (C=O) groups is 3. The predicted octanol–water partition coefficient (Wildman–Crippen LogP) is 3.54. The fraction of sp³-hybridized carbons (Fsp3) is 0.480. The highest BCUT2D eigenvalue weighted by molar-refractivity contribution is 5.98. The van der Waals surface area contributed by atoms with Crippen molar-refractivity contribution in [3.63, 3.8) is 0 Å². The number of nitrogens with zero attached hydrogens (tertiary/aromatic N) is 2. The van der Waals surface area contributed by atoms with Crippen molar-refractivity contribution in [3.8, 4) is 0 Å². The van der Waals surface area contributed by atoms with Gasteiger partial charge in [0.05, 0.1) is 5.41 Å². The Labute approximate surface area is 201 Å². The van der Waals surface area contributed by atoms with E-state index in [1.54, 1.807) is 0 Å². The summed E-state index contributed by atoms with van der Waals surface area (Å²) in [6.45, 7) is 5.61. The Bertz CT molecular complexity index is 1080. The van der Waals surface area contributed by atoms with Crippen LogP contribution < -0.4 is 5.32 Å². The average Bonchev–Trinajstić information content (AvgIpc) is 3.08. The van der Waals surface area contributed by atoms with Crippen LogP contribution >= 0.6 is 0 Å². The smallest absolute Gasteiger partial charge is 0.475 e. The van der Waals surface area contributed by atoms with Gasteiger partial charge in [-0.2, -0.15) is 13.2 Å². The molecule has 2 heterocycles. The molecule has 2 aliphatic heterocycles. The highest BCUT2D eigenvalue weighted by Gasteiger charge is 2.46. The number of benzene rings is 2. The minimum atomic E-state index is -5.08. The van der Waals surface area contributed by atoms with Gasteiger partial charge >= 0.3 is 12.1 Å². The number of amides is 2. The molecule has 0 radical (unpaired) electrons. The maximum atomic E-state index is 12.6. The third-order valence-corrected chi connectivity index (χ3v) is 6.70. The van der Waals surface area contributed by atoms with Crippen molar-refractivity contribution < 1.29 is 32.7 Å². The molecule has 2 N–H and O–H groups in total. The zero-order valence-electron chi connectivity index (χ0n) is 19.8. The lowest BCUT2D eigenvalue weighted by Crippen LogP contribution is -2.48. The summed E-state index contributed by atoms with van der Waals surface area (Å²) in [5.41, 5.74) is 0.575. The Kier molecular flexibility index (Phi) is 8.04. The molecule has 4 rings (SSSR count). The van der Waals surface area contributed by atoms with Crippen molar-refractivity contribution >= 4 is 28.6 Å². The van der Waals surface area contributed by atoms with Crippen LogP contribution in [0.15, 0.2) is 42.5 Å². The van der Waals surface area contributed by atoms with Crippen molar-refractivity contribution in [2.24, 2.45) is 5.41 Å². The van der Waals surface area contributed by atoms with Gasteiger partial charge in [0.1, 0.15) is 0 Å². The number of hydrogen-bond acceptors (Lipinski definition) is 4. The third kappa shape index (κ3) is 6.50. The molecule has 1 spiro atoms. The first-order valence-electron chi connectivity index (χ1n) is 11.5. The highest BCUT2D eigenvalue weighted by Crippen LogP contribution is 2.40. The van der Waals surface area contributed by atoms with Gasteiger partial charge in [0.2, 0.25) is 5.91 Å². The number of hydrogen-bond donors (Lipinski definition) is 2. The van der Waals surface area contributed by atoms with E-state index < -0.39 is 12.1 Å². The van der Waals surface area contributed by atoms with Gasteiger partial charge in [0.25, 0.3) is 5.91 Å². The van der Waals surface area contributed by atoms with Crippen molar-refractivity contribution in [2.45, 2.75) is 38.4 Å². The molecule has 2 aromatic rings. The number of fused-ring (bicyclic) bond motifs is 1. The second-order valence-electron chi connectivity index (χ2n) is 9.30. The molecule has 2 amide bonds. The SMILES string of the molecule is C[C@@H](CN1CCC2(CC1)CCN(C)C2=O)NC(=O)c1ccc2ccccc2c1.O=C(O)C(F)(F)F. The Morgan fingerprint density at radius 3 is 2.17 bits per heavy atom. The number of rotatable bonds is 4. The van der Waals surface area contributed by atoms with Gasteiger partial charge in [-0.05, 0) is 62.2 Å². The molecule has 1 atom stereocenters. The molecule has 10 heteroatoms.